The number of pyridine rings is 1. The molecule has 1 aromatic heterocycles. The van der Waals surface area contributed by atoms with Gasteiger partial charge in [0.2, 0.25) is 0 Å². The average molecular weight is 452 g/mol. The lowest BCUT2D eigenvalue weighted by Gasteiger charge is -2.23. The Kier molecular flexibility index (Phi) is 6.67. The van der Waals surface area contributed by atoms with E-state index in [9.17, 15) is 9.59 Å². The van der Waals surface area contributed by atoms with Crippen molar-refractivity contribution in [3.8, 4) is 11.3 Å². The summed E-state index contributed by atoms with van der Waals surface area (Å²) in [6, 6.07) is 25.1. The number of anilines is 1. The molecule has 0 aliphatic rings. The maximum absolute atomic E-state index is 13.7. The molecule has 0 saturated heterocycles. The average Bonchev–Trinajstić information content (AvgIpc) is 2.90. The predicted molar refractivity (Wildman–Crippen MR) is 129 cm³/mol. The van der Waals surface area contributed by atoms with Crippen molar-refractivity contribution in [2.24, 2.45) is 5.11 Å². The van der Waals surface area contributed by atoms with E-state index in [4.69, 9.17) is 15.3 Å². The Balaban J connectivity index is 1.91. The molecule has 0 radical (unpaired) electrons. The van der Waals surface area contributed by atoms with Gasteiger partial charge in [0.1, 0.15) is 0 Å². The lowest BCUT2D eigenvalue weighted by atomic mass is 9.96. The second-order valence-corrected chi connectivity index (χ2v) is 7.17. The van der Waals surface area contributed by atoms with Crippen molar-refractivity contribution >= 4 is 28.6 Å². The van der Waals surface area contributed by atoms with Crippen LogP contribution in [0.1, 0.15) is 15.9 Å². The van der Waals surface area contributed by atoms with E-state index >= 15 is 0 Å². The summed E-state index contributed by atoms with van der Waals surface area (Å²) in [5, 5.41) is 5.30. The zero-order chi connectivity index (χ0) is 23.9. The lowest BCUT2D eigenvalue weighted by Crippen LogP contribution is -2.46. The first-order valence-electron chi connectivity index (χ1n) is 10.4. The molecule has 2 amide bonds. The number of carbonyl (C=O) groups is 2. The third-order valence-corrected chi connectivity index (χ3v) is 5.14. The molecule has 1 N–H and O–H groups in total. The van der Waals surface area contributed by atoms with Gasteiger partial charge in [0.15, 0.2) is 0 Å². The van der Waals surface area contributed by atoms with E-state index in [0.29, 0.717) is 27.8 Å². The number of azide groups is 1. The van der Waals surface area contributed by atoms with E-state index in [1.807, 2.05) is 36.4 Å². The number of ether oxygens (including phenoxy) is 1. The minimum Gasteiger partial charge on any atom is -0.451 e. The summed E-state index contributed by atoms with van der Waals surface area (Å²) in [5.74, 6) is -0.576. The van der Waals surface area contributed by atoms with Crippen molar-refractivity contribution in [1.29, 1.82) is 0 Å². The van der Waals surface area contributed by atoms with Gasteiger partial charge in [-0.25, -0.2) is 9.78 Å². The first kappa shape index (κ1) is 22.3. The molecule has 0 aliphatic heterocycles. The maximum Gasteiger partial charge on any atom is 0.433 e. The van der Waals surface area contributed by atoms with Gasteiger partial charge >= 0.3 is 6.09 Å². The molecule has 9 nitrogen and oxygen atoms in total. The van der Waals surface area contributed by atoms with Crippen molar-refractivity contribution in [3.63, 3.8) is 0 Å². The molecule has 4 rings (SSSR count). The van der Waals surface area contributed by atoms with Gasteiger partial charge in [-0.15, -0.1) is 0 Å². The Hall–Kier alpha value is -4.88. The number of carbonyl (C=O) groups excluding carboxylic acids is 2. The summed E-state index contributed by atoms with van der Waals surface area (Å²) < 4.78 is 4.87. The summed E-state index contributed by atoms with van der Waals surface area (Å²) in [6.07, 6.45) is -0.766. The number of hydrogen-bond donors (Lipinski definition) is 1. The summed E-state index contributed by atoms with van der Waals surface area (Å²) in [6.45, 7) is -0.106. The molecular weight excluding hydrogens is 432 g/mol. The highest BCUT2D eigenvalue weighted by molar-refractivity contribution is 6.10. The van der Waals surface area contributed by atoms with E-state index in [-0.39, 0.29) is 12.1 Å². The standard InChI is InChI=1S/C25H20N6O3/c1-34-25(33)31(18-12-6-3-7-13-18)29-24(32)22-19-14-8-9-15-21(19)28-23(20(22)16-27-30-26)17-10-4-2-5-11-17/h2-15H,16H2,1H3,(H,29,32). The SMILES string of the molecule is COC(=O)N(NC(=O)c1c(CN=[N+]=[N-])c(-c2ccccc2)nc2ccccc12)c1ccccc1. The van der Waals surface area contributed by atoms with Gasteiger partial charge in [0, 0.05) is 15.9 Å². The van der Waals surface area contributed by atoms with Crippen LogP contribution in [0.2, 0.25) is 0 Å². The van der Waals surface area contributed by atoms with Gasteiger partial charge in [-0.2, -0.15) is 5.01 Å². The molecule has 34 heavy (non-hydrogen) atoms. The van der Waals surface area contributed by atoms with Crippen LogP contribution in [-0.2, 0) is 11.3 Å². The first-order chi connectivity index (χ1) is 16.6. The van der Waals surface area contributed by atoms with Gasteiger partial charge in [-0.1, -0.05) is 71.8 Å². The van der Waals surface area contributed by atoms with Gasteiger partial charge in [0.25, 0.3) is 5.91 Å². The van der Waals surface area contributed by atoms with Crippen LogP contribution in [0.15, 0.2) is 90.0 Å². The molecule has 4 aromatic rings. The summed E-state index contributed by atoms with van der Waals surface area (Å²) in [5.41, 5.74) is 14.6. The molecule has 1 heterocycles. The third-order valence-electron chi connectivity index (χ3n) is 5.14. The normalized spacial score (nSPS) is 10.3. The van der Waals surface area contributed by atoms with Crippen LogP contribution in [0.4, 0.5) is 10.5 Å². The van der Waals surface area contributed by atoms with Gasteiger partial charge in [0.05, 0.1) is 36.1 Å². The molecule has 3 aromatic carbocycles. The predicted octanol–water partition coefficient (Wildman–Crippen LogP) is 5.63. The quantitative estimate of drug-likeness (QED) is 0.183. The number of nitrogens with one attached hydrogen (secondary N) is 1. The van der Waals surface area contributed by atoms with E-state index < -0.39 is 12.0 Å². The maximum atomic E-state index is 13.7. The number of amides is 2. The lowest BCUT2D eigenvalue weighted by molar-refractivity contribution is 0.0941. The summed E-state index contributed by atoms with van der Waals surface area (Å²) in [4.78, 5) is 33.8. The Morgan fingerprint density at radius 1 is 1.00 bits per heavy atom. The molecule has 9 heteroatoms. The van der Waals surface area contributed by atoms with Crippen molar-refractivity contribution in [3.05, 3.63) is 106 Å². The van der Waals surface area contributed by atoms with Gasteiger partial charge < -0.3 is 4.74 Å². The smallest absolute Gasteiger partial charge is 0.433 e. The number of nitrogens with zero attached hydrogens (tertiary/aromatic N) is 5. The Morgan fingerprint density at radius 3 is 2.32 bits per heavy atom. The van der Waals surface area contributed by atoms with Crippen molar-refractivity contribution < 1.29 is 14.3 Å². The molecule has 0 atom stereocenters. The number of fused-ring (bicyclic) bond motifs is 1. The zero-order valence-corrected chi connectivity index (χ0v) is 18.3. The molecule has 0 unspecified atom stereocenters. The zero-order valence-electron chi connectivity index (χ0n) is 18.3. The minimum absolute atomic E-state index is 0.106. The number of para-hydroxylation sites is 2. The highest BCUT2D eigenvalue weighted by Crippen LogP contribution is 2.31. The molecule has 168 valence electrons. The van der Waals surface area contributed by atoms with E-state index in [2.05, 4.69) is 15.5 Å². The van der Waals surface area contributed by atoms with Gasteiger partial charge in [-0.3, -0.25) is 10.2 Å². The Bertz CT molecular complexity index is 1390. The Labute approximate surface area is 195 Å². The molecule has 0 saturated carbocycles. The van der Waals surface area contributed by atoms with Crippen LogP contribution in [0, 0.1) is 0 Å². The van der Waals surface area contributed by atoms with Crippen molar-refractivity contribution in [1.82, 2.24) is 10.4 Å². The molecule has 0 bridgehead atoms. The molecular formula is C25H20N6O3. The van der Waals surface area contributed by atoms with Crippen LogP contribution in [0.25, 0.3) is 32.6 Å². The molecule has 0 fully saturated rings. The van der Waals surface area contributed by atoms with Gasteiger partial charge in [-0.05, 0) is 29.3 Å². The molecule has 0 spiro atoms. The fraction of sp³-hybridized carbons (Fsp3) is 0.0800. The van der Waals surface area contributed by atoms with E-state index in [0.717, 1.165) is 10.6 Å². The minimum atomic E-state index is -0.766. The number of benzene rings is 3. The van der Waals surface area contributed by atoms with Crippen LogP contribution in [-0.4, -0.2) is 24.1 Å². The number of hydrazine groups is 1. The number of methoxy groups -OCH3 is 1. The highest BCUT2D eigenvalue weighted by Gasteiger charge is 2.25. The van der Waals surface area contributed by atoms with Crippen molar-refractivity contribution in [2.45, 2.75) is 6.54 Å². The first-order valence-corrected chi connectivity index (χ1v) is 10.4. The largest absolute Gasteiger partial charge is 0.451 e. The van der Waals surface area contributed by atoms with Crippen molar-refractivity contribution in [2.75, 3.05) is 12.1 Å². The third kappa shape index (κ3) is 4.50. The fourth-order valence-electron chi connectivity index (χ4n) is 3.64. The van der Waals surface area contributed by atoms with Crippen LogP contribution in [0.5, 0.6) is 0 Å². The van der Waals surface area contributed by atoms with E-state index in [1.54, 1.807) is 48.5 Å². The Morgan fingerprint density at radius 2 is 1.65 bits per heavy atom. The topological polar surface area (TPSA) is 120 Å². The highest BCUT2D eigenvalue weighted by atomic mass is 16.5. The monoisotopic (exact) mass is 452 g/mol. The number of hydrogen-bond acceptors (Lipinski definition) is 5. The number of aromatic nitrogens is 1. The van der Waals surface area contributed by atoms with E-state index in [1.165, 1.54) is 7.11 Å². The second-order valence-electron chi connectivity index (χ2n) is 7.17. The van der Waals surface area contributed by atoms with Crippen LogP contribution in [0.3, 0.4) is 0 Å². The number of rotatable bonds is 5. The summed E-state index contributed by atoms with van der Waals surface area (Å²) in [7, 11) is 1.23. The molecule has 0 aliphatic carbocycles. The fourth-order valence-corrected chi connectivity index (χ4v) is 3.64. The van der Waals surface area contributed by atoms with Crippen LogP contribution < -0.4 is 10.4 Å². The summed E-state index contributed by atoms with van der Waals surface area (Å²) >= 11 is 0. The second kappa shape index (κ2) is 10.2. The van der Waals surface area contributed by atoms with Crippen LogP contribution >= 0.6 is 0 Å².